The van der Waals surface area contributed by atoms with Crippen LogP contribution in [0.3, 0.4) is 0 Å². The van der Waals surface area contributed by atoms with Crippen LogP contribution in [-0.4, -0.2) is 31.2 Å². The van der Waals surface area contributed by atoms with Crippen LogP contribution in [0.25, 0.3) is 0 Å². The number of nitrogens with one attached hydrogen (secondary N) is 1. The van der Waals surface area contributed by atoms with E-state index in [0.717, 1.165) is 11.4 Å². The Balaban J connectivity index is 2.30. The number of ether oxygens (including phenoxy) is 1. The highest BCUT2D eigenvalue weighted by Crippen LogP contribution is 2.28. The first-order chi connectivity index (χ1) is 9.11. The van der Waals surface area contributed by atoms with Crippen molar-refractivity contribution in [2.75, 3.05) is 37.2 Å². The summed E-state index contributed by atoms with van der Waals surface area (Å²) < 4.78 is 5.17. The average molecular weight is 259 g/mol. The van der Waals surface area contributed by atoms with Gasteiger partial charge >= 0.3 is 0 Å². The normalized spacial score (nSPS) is 10.1. The van der Waals surface area contributed by atoms with Gasteiger partial charge in [-0.15, -0.1) is 0 Å². The molecule has 0 spiro atoms. The van der Waals surface area contributed by atoms with Crippen LogP contribution in [0.2, 0.25) is 0 Å². The topological polar surface area (TPSA) is 76.3 Å². The zero-order chi connectivity index (χ0) is 13.8. The molecule has 1 heterocycles. The van der Waals surface area contributed by atoms with E-state index in [-0.39, 0.29) is 0 Å². The van der Waals surface area contributed by atoms with Gasteiger partial charge in [0.2, 0.25) is 0 Å². The summed E-state index contributed by atoms with van der Waals surface area (Å²) in [4.78, 5) is 10.1. The first kappa shape index (κ1) is 12.9. The van der Waals surface area contributed by atoms with Gasteiger partial charge in [-0.05, 0) is 12.1 Å². The smallest absolute Gasteiger partial charge is 0.159 e. The molecule has 2 aromatic rings. The summed E-state index contributed by atoms with van der Waals surface area (Å²) in [5.74, 6) is 2.03. The Bertz CT molecular complexity index is 571. The molecule has 0 atom stereocenters. The lowest BCUT2D eigenvalue weighted by Crippen LogP contribution is -2.14. The highest BCUT2D eigenvalue weighted by atomic mass is 16.5. The van der Waals surface area contributed by atoms with Crippen molar-refractivity contribution in [1.29, 1.82) is 0 Å². The molecule has 6 heteroatoms. The molecule has 2 rings (SSSR count). The molecule has 0 unspecified atom stereocenters. The van der Waals surface area contributed by atoms with Gasteiger partial charge in [0.25, 0.3) is 0 Å². The molecule has 0 aliphatic carbocycles. The third-order valence-corrected chi connectivity index (χ3v) is 2.62. The number of nitrogen functional groups attached to an aromatic ring is 1. The first-order valence-corrected chi connectivity index (χ1v) is 5.80. The highest BCUT2D eigenvalue weighted by Gasteiger charge is 2.09. The van der Waals surface area contributed by atoms with E-state index in [1.807, 2.05) is 43.3 Å². The number of hydrogen-bond donors (Lipinski definition) is 2. The zero-order valence-corrected chi connectivity index (χ0v) is 11.2. The molecule has 19 heavy (non-hydrogen) atoms. The molecule has 6 nitrogen and oxygen atoms in total. The van der Waals surface area contributed by atoms with Crippen LogP contribution in [0.1, 0.15) is 0 Å². The van der Waals surface area contributed by atoms with Gasteiger partial charge in [-0.1, -0.05) is 6.07 Å². The van der Waals surface area contributed by atoms with Crippen LogP contribution in [0.15, 0.2) is 30.6 Å². The number of rotatable bonds is 4. The maximum Gasteiger partial charge on any atom is 0.159 e. The van der Waals surface area contributed by atoms with Crippen LogP contribution in [0, 0.1) is 0 Å². The highest BCUT2D eigenvalue weighted by molar-refractivity contribution is 5.78. The lowest BCUT2D eigenvalue weighted by molar-refractivity contribution is 0.415. The molecule has 0 saturated carbocycles. The molecule has 0 fully saturated rings. The molecular formula is C13H17N5O. The largest absolute Gasteiger partial charge is 0.497 e. The van der Waals surface area contributed by atoms with Crippen molar-refractivity contribution in [2.45, 2.75) is 0 Å². The first-order valence-electron chi connectivity index (χ1n) is 5.80. The van der Waals surface area contributed by atoms with Crippen LogP contribution < -0.4 is 20.7 Å². The molecule has 1 aromatic carbocycles. The van der Waals surface area contributed by atoms with Crippen LogP contribution in [-0.2, 0) is 0 Å². The number of benzene rings is 1. The fourth-order valence-corrected chi connectivity index (χ4v) is 1.68. The lowest BCUT2D eigenvalue weighted by Gasteiger charge is -2.16. The van der Waals surface area contributed by atoms with Crippen molar-refractivity contribution in [2.24, 2.45) is 0 Å². The second-order valence-corrected chi connectivity index (χ2v) is 4.21. The standard InChI is InChI=1S/C13H17N5O/c1-18(2)13-11(14)12(15-8-16-13)17-9-5-4-6-10(7-9)19-3/h4-8H,14H2,1-3H3,(H,15,16,17). The second kappa shape index (κ2) is 5.43. The van der Waals surface area contributed by atoms with Gasteiger partial charge in [0.05, 0.1) is 7.11 Å². The summed E-state index contributed by atoms with van der Waals surface area (Å²) in [5.41, 5.74) is 7.41. The predicted octanol–water partition coefficient (Wildman–Crippen LogP) is 1.88. The van der Waals surface area contributed by atoms with Gasteiger partial charge in [0, 0.05) is 25.8 Å². The number of anilines is 4. The van der Waals surface area contributed by atoms with E-state index in [1.165, 1.54) is 6.33 Å². The molecule has 0 aliphatic rings. The molecule has 0 amide bonds. The number of hydrogen-bond acceptors (Lipinski definition) is 6. The van der Waals surface area contributed by atoms with Crippen molar-refractivity contribution in [1.82, 2.24) is 9.97 Å². The fourth-order valence-electron chi connectivity index (χ4n) is 1.68. The van der Waals surface area contributed by atoms with Gasteiger partial charge < -0.3 is 20.7 Å². The summed E-state index contributed by atoms with van der Waals surface area (Å²) in [7, 11) is 5.39. The van der Waals surface area contributed by atoms with Gasteiger partial charge in [-0.3, -0.25) is 0 Å². The predicted molar refractivity (Wildman–Crippen MR) is 77.0 cm³/mol. The Labute approximate surface area is 112 Å². The minimum Gasteiger partial charge on any atom is -0.497 e. The monoisotopic (exact) mass is 259 g/mol. The molecule has 0 bridgehead atoms. The minimum absolute atomic E-state index is 0.510. The summed E-state index contributed by atoms with van der Waals surface area (Å²) in [6.45, 7) is 0. The Morgan fingerprint density at radius 2 is 2.05 bits per heavy atom. The Morgan fingerprint density at radius 1 is 1.26 bits per heavy atom. The van der Waals surface area contributed by atoms with Crippen LogP contribution >= 0.6 is 0 Å². The molecular weight excluding hydrogens is 242 g/mol. The van der Waals surface area contributed by atoms with E-state index in [1.54, 1.807) is 7.11 Å². The number of methoxy groups -OCH3 is 1. The van der Waals surface area contributed by atoms with E-state index in [4.69, 9.17) is 10.5 Å². The molecule has 0 aliphatic heterocycles. The van der Waals surface area contributed by atoms with Crippen LogP contribution in [0.4, 0.5) is 23.0 Å². The Kier molecular flexibility index (Phi) is 3.70. The molecule has 100 valence electrons. The van der Waals surface area contributed by atoms with Crippen molar-refractivity contribution >= 4 is 23.0 Å². The van der Waals surface area contributed by atoms with Crippen molar-refractivity contribution < 1.29 is 4.74 Å². The van der Waals surface area contributed by atoms with E-state index in [2.05, 4.69) is 15.3 Å². The van der Waals surface area contributed by atoms with Crippen LogP contribution in [0.5, 0.6) is 5.75 Å². The molecule has 3 N–H and O–H groups in total. The summed E-state index contributed by atoms with van der Waals surface area (Å²) >= 11 is 0. The van der Waals surface area contributed by atoms with Gasteiger partial charge in [0.15, 0.2) is 11.6 Å². The summed E-state index contributed by atoms with van der Waals surface area (Å²) in [6.07, 6.45) is 1.48. The zero-order valence-electron chi connectivity index (χ0n) is 11.2. The number of nitrogens with two attached hydrogens (primary N) is 1. The third kappa shape index (κ3) is 2.85. The van der Waals surface area contributed by atoms with E-state index in [0.29, 0.717) is 17.3 Å². The van der Waals surface area contributed by atoms with Crippen molar-refractivity contribution in [3.63, 3.8) is 0 Å². The van der Waals surface area contributed by atoms with E-state index in [9.17, 15) is 0 Å². The lowest BCUT2D eigenvalue weighted by atomic mass is 10.3. The Hall–Kier alpha value is -2.50. The van der Waals surface area contributed by atoms with Crippen molar-refractivity contribution in [3.8, 4) is 5.75 Å². The SMILES string of the molecule is COc1cccc(Nc2ncnc(N(C)C)c2N)c1. The number of aromatic nitrogens is 2. The maximum absolute atomic E-state index is 6.04. The quantitative estimate of drug-likeness (QED) is 0.873. The fraction of sp³-hybridized carbons (Fsp3) is 0.231. The minimum atomic E-state index is 0.510. The molecule has 0 saturated heterocycles. The van der Waals surface area contributed by atoms with E-state index >= 15 is 0 Å². The summed E-state index contributed by atoms with van der Waals surface area (Å²) in [6, 6.07) is 7.56. The third-order valence-electron chi connectivity index (χ3n) is 2.62. The van der Waals surface area contributed by atoms with Crippen molar-refractivity contribution in [3.05, 3.63) is 30.6 Å². The molecule has 1 aromatic heterocycles. The average Bonchev–Trinajstić information content (AvgIpc) is 2.41. The van der Waals surface area contributed by atoms with Gasteiger partial charge in [0.1, 0.15) is 17.8 Å². The second-order valence-electron chi connectivity index (χ2n) is 4.21. The van der Waals surface area contributed by atoms with E-state index < -0.39 is 0 Å². The summed E-state index contributed by atoms with van der Waals surface area (Å²) in [5, 5.41) is 3.16. The number of nitrogens with zero attached hydrogens (tertiary/aromatic N) is 3. The molecule has 0 radical (unpaired) electrons. The Morgan fingerprint density at radius 3 is 2.74 bits per heavy atom. The maximum atomic E-state index is 6.04. The van der Waals surface area contributed by atoms with Gasteiger partial charge in [-0.25, -0.2) is 9.97 Å². The van der Waals surface area contributed by atoms with Gasteiger partial charge in [-0.2, -0.15) is 0 Å².